The van der Waals surface area contributed by atoms with Gasteiger partial charge in [-0.1, -0.05) is 103 Å². The number of hydrogen-bond donors (Lipinski definition) is 0. The van der Waals surface area contributed by atoms with Crippen molar-refractivity contribution in [2.75, 3.05) is 0 Å². The molecule has 0 amide bonds. The molecule has 0 fully saturated rings. The fraction of sp³-hybridized carbons (Fsp3) is 0. The number of nitrogens with zero attached hydrogens (tertiary/aromatic N) is 5. The molecule has 3 heterocycles. The van der Waals surface area contributed by atoms with E-state index in [0.29, 0.717) is 11.1 Å². The summed E-state index contributed by atoms with van der Waals surface area (Å²) in [4.78, 5) is 18.3. The third kappa shape index (κ3) is 4.43. The van der Waals surface area contributed by atoms with Gasteiger partial charge < -0.3 is 8.98 Å². The zero-order valence-electron chi connectivity index (χ0n) is 38.4. The van der Waals surface area contributed by atoms with E-state index in [1.54, 1.807) is 48.5 Å². The van der Waals surface area contributed by atoms with Crippen LogP contribution in [0.4, 0.5) is 0 Å². The third-order valence-electron chi connectivity index (χ3n) is 7.18. The van der Waals surface area contributed by atoms with Gasteiger partial charge >= 0.3 is 0 Å². The summed E-state index contributed by atoms with van der Waals surface area (Å²) in [6, 6.07) is 7.64. The van der Waals surface area contributed by atoms with Gasteiger partial charge in [-0.2, -0.15) is 0 Å². The zero-order valence-corrected chi connectivity index (χ0v) is 23.4. The Bertz CT molecular complexity index is 3240. The SMILES string of the molecule is [2H]c1c([2H])c(-c2nc3c([2H])c(-c4nc(-c5ccccc5)nc(-c5ccccc5)n4)c([2H])c([2H])c3o2)c([2H])c(-n2c3c([2H])c([2H])c([2H])c([2H])c3c3c([2H])c([2H])c([2H])c([2H])c32)c1[2H]. The van der Waals surface area contributed by atoms with Gasteiger partial charge in [-0.15, -0.1) is 0 Å². The molecule has 3 aromatic heterocycles. The lowest BCUT2D eigenvalue weighted by atomic mass is 10.1. The van der Waals surface area contributed by atoms with Crippen molar-refractivity contribution in [1.29, 1.82) is 0 Å². The van der Waals surface area contributed by atoms with Crippen LogP contribution in [0, 0.1) is 0 Å². The fourth-order valence-corrected chi connectivity index (χ4v) is 5.09. The van der Waals surface area contributed by atoms with Crippen molar-refractivity contribution < 1.29 is 25.0 Å². The predicted octanol–water partition coefficient (Wildman–Crippen LogP) is 9.78. The molecular weight excluding hydrogens is 566 g/mol. The molecule has 0 unspecified atom stereocenters. The highest BCUT2D eigenvalue weighted by molar-refractivity contribution is 6.09. The first kappa shape index (κ1) is 15.1. The van der Waals surface area contributed by atoms with Crippen LogP contribution < -0.4 is 0 Å². The average molecular weight is 607 g/mol. The lowest BCUT2D eigenvalue weighted by molar-refractivity contribution is 0.620. The van der Waals surface area contributed by atoms with Crippen LogP contribution in [-0.4, -0.2) is 24.5 Å². The molecule has 0 aliphatic carbocycles. The first-order chi connectivity index (χ1) is 29.0. The molecule has 0 radical (unpaired) electrons. The molecular formula is C40H25N5O. The van der Waals surface area contributed by atoms with Gasteiger partial charge in [-0.3, -0.25) is 0 Å². The summed E-state index contributed by atoms with van der Waals surface area (Å²) in [7, 11) is 0. The first-order valence-electron chi connectivity index (χ1n) is 21.4. The van der Waals surface area contributed by atoms with Crippen LogP contribution in [0.25, 0.3) is 84.2 Å². The Hall–Kier alpha value is -6.40. The molecule has 0 N–H and O–H groups in total. The molecule has 0 aliphatic heterocycles. The minimum Gasteiger partial charge on any atom is -0.436 e. The smallest absolute Gasteiger partial charge is 0.227 e. The molecule has 0 aliphatic rings. The van der Waals surface area contributed by atoms with Crippen LogP contribution in [0.5, 0.6) is 0 Å². The van der Waals surface area contributed by atoms with Gasteiger partial charge in [0.1, 0.15) is 5.52 Å². The summed E-state index contributed by atoms with van der Waals surface area (Å²) in [5, 5.41) is -0.650. The van der Waals surface area contributed by atoms with Gasteiger partial charge in [0.25, 0.3) is 0 Å². The molecule has 0 atom stereocenters. The highest BCUT2D eigenvalue weighted by Gasteiger charge is 2.16. The maximum atomic E-state index is 9.45. The summed E-state index contributed by atoms with van der Waals surface area (Å²) in [5.74, 6) is -0.258. The van der Waals surface area contributed by atoms with Crippen molar-refractivity contribution in [3.63, 3.8) is 0 Å². The Morgan fingerprint density at radius 1 is 0.500 bits per heavy atom. The van der Waals surface area contributed by atoms with Crippen LogP contribution in [0.15, 0.2) is 156 Å². The van der Waals surface area contributed by atoms with Crippen molar-refractivity contribution in [3.8, 4) is 51.3 Å². The maximum Gasteiger partial charge on any atom is 0.227 e. The van der Waals surface area contributed by atoms with Gasteiger partial charge in [-0.05, 0) is 48.3 Å². The van der Waals surface area contributed by atoms with Gasteiger partial charge in [0.2, 0.25) is 5.89 Å². The van der Waals surface area contributed by atoms with Gasteiger partial charge in [0.05, 0.1) is 31.6 Å². The van der Waals surface area contributed by atoms with E-state index in [4.69, 9.17) is 22.2 Å². The molecule has 9 aromatic rings. The number of benzene rings is 6. The minimum absolute atomic E-state index is 0.125. The number of para-hydroxylation sites is 2. The molecule has 216 valence electrons. The molecule has 46 heavy (non-hydrogen) atoms. The van der Waals surface area contributed by atoms with Crippen LogP contribution in [-0.2, 0) is 0 Å². The topological polar surface area (TPSA) is 69.6 Å². The summed E-state index contributed by atoms with van der Waals surface area (Å²) < 4.78 is 139. The summed E-state index contributed by atoms with van der Waals surface area (Å²) in [5.41, 5.74) is -1.65. The average Bonchev–Trinajstić information content (AvgIpc) is 3.87. The first-order valence-corrected chi connectivity index (χ1v) is 13.9. The Balaban J connectivity index is 1.33. The largest absolute Gasteiger partial charge is 0.436 e. The second-order valence-electron chi connectivity index (χ2n) is 9.99. The lowest BCUT2D eigenvalue weighted by Gasteiger charge is -2.08. The maximum absolute atomic E-state index is 9.45. The Morgan fingerprint density at radius 3 is 1.72 bits per heavy atom. The van der Waals surface area contributed by atoms with E-state index < -0.39 is 124 Å². The normalized spacial score (nSPS) is 16.0. The van der Waals surface area contributed by atoms with E-state index in [2.05, 4.69) is 19.9 Å². The second kappa shape index (κ2) is 10.6. The Labute approximate surface area is 285 Å². The van der Waals surface area contributed by atoms with Crippen LogP contribution >= 0.6 is 0 Å². The van der Waals surface area contributed by atoms with E-state index in [9.17, 15) is 2.74 Å². The quantitative estimate of drug-likeness (QED) is 0.195. The van der Waals surface area contributed by atoms with Crippen LogP contribution in [0.1, 0.15) is 20.6 Å². The van der Waals surface area contributed by atoms with Crippen molar-refractivity contribution >= 4 is 32.9 Å². The van der Waals surface area contributed by atoms with E-state index >= 15 is 0 Å². The van der Waals surface area contributed by atoms with E-state index in [-0.39, 0.29) is 39.3 Å². The third-order valence-corrected chi connectivity index (χ3v) is 7.18. The number of fused-ring (bicyclic) bond motifs is 4. The van der Waals surface area contributed by atoms with Gasteiger partial charge in [0.15, 0.2) is 23.1 Å². The highest BCUT2D eigenvalue weighted by Crippen LogP contribution is 2.34. The molecule has 9 rings (SSSR count). The molecule has 6 aromatic carbocycles. The van der Waals surface area contributed by atoms with Crippen molar-refractivity contribution in [2.24, 2.45) is 0 Å². The summed E-state index contributed by atoms with van der Waals surface area (Å²) in [6.45, 7) is 0. The molecule has 6 nitrogen and oxygen atoms in total. The molecule has 0 bridgehead atoms. The van der Waals surface area contributed by atoms with Crippen molar-refractivity contribution in [2.45, 2.75) is 0 Å². The number of rotatable bonds is 5. The number of aromatic nitrogens is 5. The van der Waals surface area contributed by atoms with Crippen molar-refractivity contribution in [3.05, 3.63) is 151 Å². The van der Waals surface area contributed by atoms with Gasteiger partial charge in [0, 0.05) is 38.7 Å². The monoisotopic (exact) mass is 606 g/mol. The van der Waals surface area contributed by atoms with E-state index in [0.717, 1.165) is 4.57 Å². The number of hydrogen-bond acceptors (Lipinski definition) is 5. The zero-order chi connectivity index (χ0) is 43.5. The van der Waals surface area contributed by atoms with Gasteiger partial charge in [-0.25, -0.2) is 19.9 Å². The summed E-state index contributed by atoms with van der Waals surface area (Å²) in [6.07, 6.45) is 0. The predicted molar refractivity (Wildman–Crippen MR) is 183 cm³/mol. The minimum atomic E-state index is -0.814. The molecule has 6 heteroatoms. The molecule has 0 spiro atoms. The summed E-state index contributed by atoms with van der Waals surface area (Å²) >= 11 is 0. The highest BCUT2D eigenvalue weighted by atomic mass is 16.3. The molecule has 0 saturated heterocycles. The van der Waals surface area contributed by atoms with Crippen LogP contribution in [0.2, 0.25) is 0 Å². The molecule has 0 saturated carbocycles. The second-order valence-corrected chi connectivity index (χ2v) is 9.99. The van der Waals surface area contributed by atoms with E-state index in [1.165, 1.54) is 0 Å². The number of oxazole rings is 1. The lowest BCUT2D eigenvalue weighted by Crippen LogP contribution is -2.00. The standard InChI is InChI=1S/C40H25N5O/c1-3-12-26(13-4-1)37-42-38(27-14-5-2-6-15-27)44-39(43-37)28-22-23-36-33(25-28)41-40(46-36)29-16-11-17-30(24-29)45-34-20-9-7-18-31(34)32-19-8-10-21-35(32)45/h1-25H/i7D,8D,9D,10D,11D,16D,17D,18D,19D,20D,21D,22D,23D,24D,25D. The Morgan fingerprint density at radius 2 is 1.09 bits per heavy atom. The fourth-order valence-electron chi connectivity index (χ4n) is 5.09. The Kier molecular flexibility index (Phi) is 3.48. The van der Waals surface area contributed by atoms with Crippen molar-refractivity contribution in [1.82, 2.24) is 24.5 Å². The van der Waals surface area contributed by atoms with Crippen LogP contribution in [0.3, 0.4) is 0 Å². The van der Waals surface area contributed by atoms with E-state index in [1.807, 2.05) is 12.1 Å².